The maximum absolute atomic E-state index is 12.5. The number of rotatable bonds is 9. The van der Waals surface area contributed by atoms with Gasteiger partial charge in [0.2, 0.25) is 0 Å². The molecule has 1 heterocycles. The minimum Gasteiger partial charge on any atom is -0.477 e. The van der Waals surface area contributed by atoms with E-state index in [4.69, 9.17) is 5.11 Å². The molecule has 114 valence electrons. The number of thiophene rings is 1. The highest BCUT2D eigenvalue weighted by Crippen LogP contribution is 2.25. The maximum atomic E-state index is 12.5. The van der Waals surface area contributed by atoms with Gasteiger partial charge in [0.05, 0.1) is 0 Å². The summed E-state index contributed by atoms with van der Waals surface area (Å²) in [6.07, 6.45) is 3.45. The fourth-order valence-electron chi connectivity index (χ4n) is 1.72. The Bertz CT molecular complexity index is 528. The van der Waals surface area contributed by atoms with E-state index in [1.54, 1.807) is 0 Å². The number of unbranched alkanes of at least 4 members (excludes halogenated alkanes) is 2. The molecule has 0 fully saturated rings. The van der Waals surface area contributed by atoms with Gasteiger partial charge in [-0.1, -0.05) is 26.7 Å². The van der Waals surface area contributed by atoms with E-state index in [0.29, 0.717) is 13.1 Å². The Morgan fingerprint density at radius 2 is 1.75 bits per heavy atom. The summed E-state index contributed by atoms with van der Waals surface area (Å²) in [5.41, 5.74) is 0. The van der Waals surface area contributed by atoms with E-state index in [-0.39, 0.29) is 9.09 Å². The van der Waals surface area contributed by atoms with E-state index in [2.05, 4.69) is 0 Å². The lowest BCUT2D eigenvalue weighted by Crippen LogP contribution is -2.32. The number of hydrogen-bond acceptors (Lipinski definition) is 4. The van der Waals surface area contributed by atoms with Gasteiger partial charge in [0.1, 0.15) is 9.09 Å². The van der Waals surface area contributed by atoms with Crippen molar-refractivity contribution in [3.8, 4) is 0 Å². The first-order valence-electron chi connectivity index (χ1n) is 6.76. The van der Waals surface area contributed by atoms with Crippen LogP contribution in [0.2, 0.25) is 0 Å². The van der Waals surface area contributed by atoms with Crippen LogP contribution in [-0.2, 0) is 10.0 Å². The Labute approximate surface area is 124 Å². The van der Waals surface area contributed by atoms with Gasteiger partial charge in [-0.25, -0.2) is 13.2 Å². The van der Waals surface area contributed by atoms with Crippen LogP contribution in [0.25, 0.3) is 0 Å². The second kappa shape index (κ2) is 7.75. The second-order valence-corrected chi connectivity index (χ2v) is 7.78. The molecule has 0 atom stereocenters. The standard InChI is InChI=1S/C13H21NO4S2/c1-3-5-9-14(10-6-4-2)20(17,18)12-8-7-11(19-12)13(15)16/h7-8H,3-6,9-10H2,1-2H3,(H,15,16). The van der Waals surface area contributed by atoms with Crippen molar-refractivity contribution in [3.63, 3.8) is 0 Å². The van der Waals surface area contributed by atoms with Gasteiger partial charge < -0.3 is 5.11 Å². The lowest BCUT2D eigenvalue weighted by Gasteiger charge is -2.20. The number of carboxylic acid groups (broad SMARTS) is 1. The van der Waals surface area contributed by atoms with Crippen molar-refractivity contribution in [3.05, 3.63) is 17.0 Å². The third-order valence-corrected chi connectivity index (χ3v) is 6.35. The highest BCUT2D eigenvalue weighted by atomic mass is 32.2. The van der Waals surface area contributed by atoms with Gasteiger partial charge in [0, 0.05) is 13.1 Å². The molecule has 0 aliphatic carbocycles. The Morgan fingerprint density at radius 3 is 2.15 bits per heavy atom. The first-order chi connectivity index (χ1) is 9.43. The molecule has 0 aliphatic heterocycles. The molecule has 20 heavy (non-hydrogen) atoms. The van der Waals surface area contributed by atoms with E-state index in [1.807, 2.05) is 13.8 Å². The molecule has 0 bridgehead atoms. The zero-order chi connectivity index (χ0) is 15.2. The number of sulfonamides is 1. The van der Waals surface area contributed by atoms with Crippen LogP contribution in [0.4, 0.5) is 0 Å². The number of nitrogens with zero attached hydrogens (tertiary/aromatic N) is 1. The summed E-state index contributed by atoms with van der Waals surface area (Å²) in [7, 11) is -3.57. The third-order valence-electron chi connectivity index (χ3n) is 2.91. The van der Waals surface area contributed by atoms with Gasteiger partial charge in [-0.3, -0.25) is 0 Å². The van der Waals surface area contributed by atoms with E-state index >= 15 is 0 Å². The summed E-state index contributed by atoms with van der Waals surface area (Å²) in [5.74, 6) is -1.09. The highest BCUT2D eigenvalue weighted by Gasteiger charge is 2.26. The van der Waals surface area contributed by atoms with Crippen molar-refractivity contribution in [1.29, 1.82) is 0 Å². The molecule has 1 N–H and O–H groups in total. The molecule has 0 saturated heterocycles. The number of hydrogen-bond donors (Lipinski definition) is 1. The van der Waals surface area contributed by atoms with E-state index in [0.717, 1.165) is 37.0 Å². The lowest BCUT2D eigenvalue weighted by molar-refractivity contribution is 0.0702. The maximum Gasteiger partial charge on any atom is 0.345 e. The average molecular weight is 319 g/mol. The molecule has 7 heteroatoms. The average Bonchev–Trinajstić information content (AvgIpc) is 2.89. The zero-order valence-corrected chi connectivity index (χ0v) is 13.5. The number of carboxylic acids is 1. The summed E-state index contributed by atoms with van der Waals surface area (Å²) in [5, 5.41) is 8.89. The molecular weight excluding hydrogens is 298 g/mol. The van der Waals surface area contributed by atoms with E-state index in [1.165, 1.54) is 16.4 Å². The van der Waals surface area contributed by atoms with Crippen molar-refractivity contribution in [1.82, 2.24) is 4.31 Å². The van der Waals surface area contributed by atoms with Crippen molar-refractivity contribution in [2.45, 2.75) is 43.7 Å². The fraction of sp³-hybridized carbons (Fsp3) is 0.615. The predicted octanol–water partition coefficient (Wildman–Crippen LogP) is 3.04. The number of aromatic carboxylic acids is 1. The van der Waals surface area contributed by atoms with Crippen LogP contribution in [0.15, 0.2) is 16.3 Å². The molecule has 0 unspecified atom stereocenters. The summed E-state index contributed by atoms with van der Waals surface area (Å²) in [6.45, 7) is 4.99. The first kappa shape index (κ1) is 17.1. The van der Waals surface area contributed by atoms with Crippen molar-refractivity contribution in [2.75, 3.05) is 13.1 Å². The third kappa shape index (κ3) is 4.29. The molecule has 1 aromatic rings. The molecule has 5 nitrogen and oxygen atoms in total. The van der Waals surface area contributed by atoms with E-state index < -0.39 is 16.0 Å². The summed E-state index contributed by atoms with van der Waals surface area (Å²) in [4.78, 5) is 10.9. The summed E-state index contributed by atoms with van der Waals surface area (Å²) < 4.78 is 26.6. The normalized spacial score (nSPS) is 11.9. The minimum atomic E-state index is -3.57. The van der Waals surface area contributed by atoms with Crippen LogP contribution in [0.1, 0.15) is 49.2 Å². The van der Waals surface area contributed by atoms with Gasteiger partial charge >= 0.3 is 5.97 Å². The molecule has 0 amide bonds. The molecule has 1 rings (SSSR count). The topological polar surface area (TPSA) is 74.7 Å². The summed E-state index contributed by atoms with van der Waals surface area (Å²) >= 11 is 0.814. The van der Waals surface area contributed by atoms with Crippen LogP contribution in [0.5, 0.6) is 0 Å². The van der Waals surface area contributed by atoms with Gasteiger partial charge in [-0.05, 0) is 25.0 Å². The van der Waals surface area contributed by atoms with Crippen LogP contribution in [0, 0.1) is 0 Å². The second-order valence-electron chi connectivity index (χ2n) is 4.54. The molecule has 0 aromatic carbocycles. The Hall–Kier alpha value is -0.920. The summed E-state index contributed by atoms with van der Waals surface area (Å²) in [6, 6.07) is 2.73. The van der Waals surface area contributed by atoms with Gasteiger partial charge in [0.15, 0.2) is 0 Å². The largest absolute Gasteiger partial charge is 0.477 e. The van der Waals surface area contributed by atoms with Gasteiger partial charge in [-0.15, -0.1) is 11.3 Å². The van der Waals surface area contributed by atoms with Crippen LogP contribution < -0.4 is 0 Å². The first-order valence-corrected chi connectivity index (χ1v) is 9.02. The molecule has 0 saturated carbocycles. The molecule has 0 spiro atoms. The SMILES string of the molecule is CCCCN(CCCC)S(=O)(=O)c1ccc(C(=O)O)s1. The van der Waals surface area contributed by atoms with E-state index in [9.17, 15) is 13.2 Å². The Kier molecular flexibility index (Phi) is 6.64. The van der Waals surface area contributed by atoms with Crippen LogP contribution >= 0.6 is 11.3 Å². The minimum absolute atomic E-state index is 0.0505. The Morgan fingerprint density at radius 1 is 1.20 bits per heavy atom. The molecule has 0 radical (unpaired) electrons. The van der Waals surface area contributed by atoms with Crippen molar-refractivity contribution in [2.24, 2.45) is 0 Å². The zero-order valence-electron chi connectivity index (χ0n) is 11.8. The van der Waals surface area contributed by atoms with Crippen LogP contribution in [-0.4, -0.2) is 36.9 Å². The Balaban J connectivity index is 2.97. The quantitative estimate of drug-likeness (QED) is 0.759. The molecule has 0 aliphatic rings. The van der Waals surface area contributed by atoms with Crippen molar-refractivity contribution >= 4 is 27.3 Å². The molecule has 1 aromatic heterocycles. The van der Waals surface area contributed by atoms with Gasteiger partial charge in [0.25, 0.3) is 10.0 Å². The lowest BCUT2D eigenvalue weighted by atomic mass is 10.3. The monoisotopic (exact) mass is 319 g/mol. The predicted molar refractivity (Wildman–Crippen MR) is 79.9 cm³/mol. The molecular formula is C13H21NO4S2. The fourth-order valence-corrected chi connectivity index (χ4v) is 4.54. The number of carbonyl (C=O) groups is 1. The van der Waals surface area contributed by atoms with Crippen LogP contribution in [0.3, 0.4) is 0 Å². The highest BCUT2D eigenvalue weighted by molar-refractivity contribution is 7.91. The van der Waals surface area contributed by atoms with Crippen molar-refractivity contribution < 1.29 is 18.3 Å². The van der Waals surface area contributed by atoms with Gasteiger partial charge in [-0.2, -0.15) is 4.31 Å². The smallest absolute Gasteiger partial charge is 0.345 e.